The fourth-order valence-electron chi connectivity index (χ4n) is 2.44. The molecule has 1 aromatic heterocycles. The van der Waals surface area contributed by atoms with Crippen LogP contribution in [-0.4, -0.2) is 23.2 Å². The molecule has 0 aliphatic heterocycles. The second-order valence-corrected chi connectivity index (χ2v) is 7.75. The second-order valence-electron chi connectivity index (χ2n) is 6.72. The summed E-state index contributed by atoms with van der Waals surface area (Å²) in [5.74, 6) is -0.233. The van der Waals surface area contributed by atoms with E-state index in [2.05, 4.69) is 31.1 Å². The van der Waals surface area contributed by atoms with E-state index in [-0.39, 0.29) is 23.9 Å². The first kappa shape index (κ1) is 18.0. The molecule has 0 aliphatic carbocycles. The van der Waals surface area contributed by atoms with Crippen LogP contribution in [0.2, 0.25) is 0 Å². The van der Waals surface area contributed by atoms with Gasteiger partial charge in [-0.05, 0) is 49.9 Å². The normalized spacial score (nSPS) is 13.3. The van der Waals surface area contributed by atoms with Crippen LogP contribution in [-0.2, 0) is 0 Å². The molecule has 0 bridgehead atoms. The summed E-state index contributed by atoms with van der Waals surface area (Å²) >= 11 is 1.65. The summed E-state index contributed by atoms with van der Waals surface area (Å²) in [6.07, 6.45) is 0.773. The molecule has 3 nitrogen and oxygen atoms in total. The lowest BCUT2D eigenvalue weighted by molar-refractivity contribution is 0.204. The third kappa shape index (κ3) is 4.83. The molecule has 0 spiro atoms. The molecule has 0 amide bonds. The van der Waals surface area contributed by atoms with E-state index in [1.54, 1.807) is 23.5 Å². The Hall–Kier alpha value is -1.30. The zero-order valence-corrected chi connectivity index (χ0v) is 15.0. The van der Waals surface area contributed by atoms with Gasteiger partial charge in [0, 0.05) is 29.6 Å². The van der Waals surface area contributed by atoms with Crippen molar-refractivity contribution >= 4 is 11.3 Å². The van der Waals surface area contributed by atoms with Gasteiger partial charge in [0.05, 0.1) is 5.69 Å². The number of aryl methyl sites for hydroxylation is 1. The molecule has 0 saturated carbocycles. The van der Waals surface area contributed by atoms with Gasteiger partial charge >= 0.3 is 0 Å². The molecule has 1 aromatic carbocycles. The third-order valence-electron chi connectivity index (χ3n) is 3.99. The van der Waals surface area contributed by atoms with Crippen molar-refractivity contribution in [1.29, 1.82) is 0 Å². The van der Waals surface area contributed by atoms with Gasteiger partial charge in [0.25, 0.3) is 0 Å². The highest BCUT2D eigenvalue weighted by atomic mass is 32.1. The maximum atomic E-state index is 13.0. The average molecular weight is 336 g/mol. The molecule has 23 heavy (non-hydrogen) atoms. The van der Waals surface area contributed by atoms with E-state index in [4.69, 9.17) is 5.11 Å². The Morgan fingerprint density at radius 3 is 2.57 bits per heavy atom. The number of hydrogen-bond donors (Lipinski definition) is 2. The van der Waals surface area contributed by atoms with Gasteiger partial charge in [-0.1, -0.05) is 13.8 Å². The summed E-state index contributed by atoms with van der Waals surface area (Å²) in [5.41, 5.74) is 2.01. The third-order valence-corrected chi connectivity index (χ3v) is 5.38. The standard InChI is InChI=1S/C18H25FN2OS/c1-12(20-11-18(3,4)9-10-22)16-13(2)21-17(23-16)14-5-7-15(19)8-6-14/h5-8,12,20,22H,9-11H2,1-4H3. The molecule has 2 N–H and O–H groups in total. The lowest BCUT2D eigenvalue weighted by Crippen LogP contribution is -2.32. The Morgan fingerprint density at radius 1 is 1.30 bits per heavy atom. The minimum Gasteiger partial charge on any atom is -0.396 e. The van der Waals surface area contributed by atoms with Gasteiger partial charge in [0.15, 0.2) is 0 Å². The molecule has 126 valence electrons. The lowest BCUT2D eigenvalue weighted by Gasteiger charge is -2.26. The maximum absolute atomic E-state index is 13.0. The predicted molar refractivity (Wildman–Crippen MR) is 94.1 cm³/mol. The van der Waals surface area contributed by atoms with Crippen LogP contribution in [0.15, 0.2) is 24.3 Å². The van der Waals surface area contributed by atoms with Crippen LogP contribution >= 0.6 is 11.3 Å². The van der Waals surface area contributed by atoms with Crippen molar-refractivity contribution in [3.8, 4) is 10.6 Å². The molecule has 1 unspecified atom stereocenters. The Bertz CT molecular complexity index is 637. The molecular formula is C18H25FN2OS. The van der Waals surface area contributed by atoms with Crippen molar-refractivity contribution < 1.29 is 9.50 Å². The SMILES string of the molecule is Cc1nc(-c2ccc(F)cc2)sc1C(C)NCC(C)(C)CCO. The summed E-state index contributed by atoms with van der Waals surface area (Å²) < 4.78 is 13.0. The van der Waals surface area contributed by atoms with E-state index in [0.717, 1.165) is 29.2 Å². The van der Waals surface area contributed by atoms with Crippen LogP contribution in [0.5, 0.6) is 0 Å². The van der Waals surface area contributed by atoms with E-state index >= 15 is 0 Å². The molecular weight excluding hydrogens is 311 g/mol. The molecule has 5 heteroatoms. The minimum atomic E-state index is -0.233. The number of thiazole rings is 1. The molecule has 2 aromatic rings. The smallest absolute Gasteiger partial charge is 0.123 e. The highest BCUT2D eigenvalue weighted by molar-refractivity contribution is 7.15. The molecule has 2 rings (SSSR count). The number of halogens is 1. The van der Waals surface area contributed by atoms with E-state index in [1.165, 1.54) is 17.0 Å². The monoisotopic (exact) mass is 336 g/mol. The van der Waals surface area contributed by atoms with Crippen LogP contribution < -0.4 is 5.32 Å². The summed E-state index contributed by atoms with van der Waals surface area (Å²) in [5, 5.41) is 13.6. The number of nitrogens with zero attached hydrogens (tertiary/aromatic N) is 1. The van der Waals surface area contributed by atoms with Gasteiger partial charge in [-0.3, -0.25) is 0 Å². The highest BCUT2D eigenvalue weighted by Crippen LogP contribution is 2.32. The van der Waals surface area contributed by atoms with E-state index in [1.807, 2.05) is 6.92 Å². The predicted octanol–water partition coefficient (Wildman–Crippen LogP) is 4.32. The lowest BCUT2D eigenvalue weighted by atomic mass is 9.89. The quantitative estimate of drug-likeness (QED) is 0.791. The van der Waals surface area contributed by atoms with Gasteiger partial charge in [0.2, 0.25) is 0 Å². The zero-order valence-electron chi connectivity index (χ0n) is 14.2. The topological polar surface area (TPSA) is 45.2 Å². The number of rotatable bonds is 7. The van der Waals surface area contributed by atoms with E-state index in [9.17, 15) is 4.39 Å². The Balaban J connectivity index is 2.09. The maximum Gasteiger partial charge on any atom is 0.123 e. The minimum absolute atomic E-state index is 0.0569. The number of hydrogen-bond acceptors (Lipinski definition) is 4. The van der Waals surface area contributed by atoms with Crippen LogP contribution in [0.25, 0.3) is 10.6 Å². The molecule has 0 aliphatic rings. The Kier molecular flexibility index (Phi) is 5.89. The van der Waals surface area contributed by atoms with E-state index in [0.29, 0.717) is 0 Å². The molecule has 0 saturated heterocycles. The summed E-state index contributed by atoms with van der Waals surface area (Å²) in [4.78, 5) is 5.83. The number of aromatic nitrogens is 1. The fourth-order valence-corrected chi connectivity index (χ4v) is 3.54. The van der Waals surface area contributed by atoms with Crippen molar-refractivity contribution in [2.45, 2.75) is 40.2 Å². The first-order chi connectivity index (χ1) is 10.8. The summed E-state index contributed by atoms with van der Waals surface area (Å²) in [6.45, 7) is 9.47. The van der Waals surface area contributed by atoms with Crippen molar-refractivity contribution in [1.82, 2.24) is 10.3 Å². The number of nitrogens with one attached hydrogen (secondary N) is 1. The zero-order chi connectivity index (χ0) is 17.0. The van der Waals surface area contributed by atoms with Crippen molar-refractivity contribution in [3.63, 3.8) is 0 Å². The fraction of sp³-hybridized carbons (Fsp3) is 0.500. The molecule has 1 atom stereocenters. The van der Waals surface area contributed by atoms with Crippen molar-refractivity contribution in [2.24, 2.45) is 5.41 Å². The average Bonchev–Trinajstić information content (AvgIpc) is 2.87. The van der Waals surface area contributed by atoms with Crippen LogP contribution in [0.4, 0.5) is 4.39 Å². The highest BCUT2D eigenvalue weighted by Gasteiger charge is 2.20. The van der Waals surface area contributed by atoms with Gasteiger partial charge in [-0.2, -0.15) is 0 Å². The van der Waals surface area contributed by atoms with Gasteiger partial charge < -0.3 is 10.4 Å². The Morgan fingerprint density at radius 2 is 1.96 bits per heavy atom. The van der Waals surface area contributed by atoms with Crippen molar-refractivity contribution in [2.75, 3.05) is 13.2 Å². The molecule has 1 heterocycles. The van der Waals surface area contributed by atoms with Gasteiger partial charge in [-0.15, -0.1) is 11.3 Å². The van der Waals surface area contributed by atoms with Crippen LogP contribution in [0.3, 0.4) is 0 Å². The van der Waals surface area contributed by atoms with E-state index < -0.39 is 0 Å². The largest absolute Gasteiger partial charge is 0.396 e. The van der Waals surface area contributed by atoms with Crippen molar-refractivity contribution in [3.05, 3.63) is 40.7 Å². The van der Waals surface area contributed by atoms with Gasteiger partial charge in [0.1, 0.15) is 10.8 Å². The number of aliphatic hydroxyl groups excluding tert-OH is 1. The van der Waals surface area contributed by atoms with Gasteiger partial charge in [-0.25, -0.2) is 9.37 Å². The second kappa shape index (κ2) is 7.51. The molecule has 0 radical (unpaired) electrons. The first-order valence-corrected chi connectivity index (χ1v) is 8.71. The Labute approximate surface area is 141 Å². The summed E-state index contributed by atoms with van der Waals surface area (Å²) in [6, 6.07) is 6.65. The number of aliphatic hydroxyl groups is 1. The molecule has 0 fully saturated rings. The van der Waals surface area contributed by atoms with Crippen LogP contribution in [0, 0.1) is 18.2 Å². The van der Waals surface area contributed by atoms with Crippen LogP contribution in [0.1, 0.15) is 43.8 Å². The first-order valence-electron chi connectivity index (χ1n) is 7.90. The summed E-state index contributed by atoms with van der Waals surface area (Å²) in [7, 11) is 0. The number of benzene rings is 1.